The molecule has 0 radical (unpaired) electrons. The van der Waals surface area contributed by atoms with Crippen LogP contribution in [0.25, 0.3) is 0 Å². The van der Waals surface area contributed by atoms with Crippen molar-refractivity contribution < 1.29 is 24.8 Å². The first-order valence-electron chi connectivity index (χ1n) is 10.5. The summed E-state index contributed by atoms with van der Waals surface area (Å²) in [6.45, 7) is 3.05. The van der Waals surface area contributed by atoms with Gasteiger partial charge >= 0.3 is 0 Å². The van der Waals surface area contributed by atoms with Crippen molar-refractivity contribution in [3.8, 4) is 0 Å². The third-order valence-corrected chi connectivity index (χ3v) is 4.91. The standard InChI is InChI=1S/C21H40O5/c1-2-3-4-5-6-7-8-9-10-11-12-13-14-15-25-16-19(23)21-20(24)18(22)17-26-21/h9-10,18-24H,2-8,11-17H2,1H3/b10-9+/t18-,19+,20-,21-/m0/s1. The number of ether oxygens (including phenoxy) is 2. The predicted molar refractivity (Wildman–Crippen MR) is 104 cm³/mol. The Hall–Kier alpha value is -0.460. The molecular weight excluding hydrogens is 332 g/mol. The molecule has 1 heterocycles. The van der Waals surface area contributed by atoms with Crippen LogP contribution in [-0.2, 0) is 9.47 Å². The van der Waals surface area contributed by atoms with Crippen LogP contribution in [0.2, 0.25) is 0 Å². The van der Waals surface area contributed by atoms with Crippen molar-refractivity contribution in [2.24, 2.45) is 0 Å². The number of rotatable bonds is 16. The SMILES string of the molecule is CCCCCCCC/C=C/CCCCCOC[C@@H](O)[C@@H]1OC[C@H](O)[C@@H]1O. The molecule has 0 aromatic heterocycles. The van der Waals surface area contributed by atoms with Gasteiger partial charge in [0.05, 0.1) is 13.2 Å². The molecule has 5 heteroatoms. The molecule has 1 aliphatic heterocycles. The van der Waals surface area contributed by atoms with Gasteiger partial charge in [-0.25, -0.2) is 0 Å². The van der Waals surface area contributed by atoms with E-state index < -0.39 is 24.4 Å². The van der Waals surface area contributed by atoms with Crippen molar-refractivity contribution in [1.29, 1.82) is 0 Å². The molecule has 3 N–H and O–H groups in total. The zero-order valence-electron chi connectivity index (χ0n) is 16.5. The molecular formula is C21H40O5. The maximum Gasteiger partial charge on any atom is 0.114 e. The summed E-state index contributed by atoms with van der Waals surface area (Å²) >= 11 is 0. The molecule has 0 bridgehead atoms. The second-order valence-electron chi connectivity index (χ2n) is 7.38. The largest absolute Gasteiger partial charge is 0.388 e. The summed E-state index contributed by atoms with van der Waals surface area (Å²) in [6, 6.07) is 0. The Balaban J connectivity index is 1.84. The second-order valence-corrected chi connectivity index (χ2v) is 7.38. The average Bonchev–Trinajstić information content (AvgIpc) is 2.97. The molecule has 26 heavy (non-hydrogen) atoms. The fraction of sp³-hybridized carbons (Fsp3) is 0.905. The summed E-state index contributed by atoms with van der Waals surface area (Å²) < 4.78 is 10.6. The Labute approximate surface area is 159 Å². The zero-order valence-corrected chi connectivity index (χ0v) is 16.5. The third-order valence-electron chi connectivity index (χ3n) is 4.91. The van der Waals surface area contributed by atoms with Crippen molar-refractivity contribution in [3.05, 3.63) is 12.2 Å². The molecule has 0 unspecified atom stereocenters. The number of hydrogen-bond donors (Lipinski definition) is 3. The molecule has 154 valence electrons. The fourth-order valence-corrected chi connectivity index (χ4v) is 3.18. The lowest BCUT2D eigenvalue weighted by atomic mass is 10.1. The van der Waals surface area contributed by atoms with Crippen LogP contribution in [0.1, 0.15) is 77.6 Å². The van der Waals surface area contributed by atoms with Crippen molar-refractivity contribution in [2.75, 3.05) is 19.8 Å². The second kappa shape index (κ2) is 15.6. The Bertz CT molecular complexity index is 347. The number of aliphatic hydroxyl groups excluding tert-OH is 3. The van der Waals surface area contributed by atoms with Gasteiger partial charge in [-0.15, -0.1) is 0 Å². The molecule has 0 amide bonds. The van der Waals surface area contributed by atoms with Crippen LogP contribution in [0.4, 0.5) is 0 Å². The van der Waals surface area contributed by atoms with Crippen LogP contribution in [0, 0.1) is 0 Å². The lowest BCUT2D eigenvalue weighted by molar-refractivity contribution is -0.0813. The highest BCUT2D eigenvalue weighted by Gasteiger charge is 2.39. The zero-order chi connectivity index (χ0) is 19.0. The van der Waals surface area contributed by atoms with E-state index in [9.17, 15) is 15.3 Å². The summed E-state index contributed by atoms with van der Waals surface area (Å²) in [4.78, 5) is 0. The molecule has 0 aromatic carbocycles. The van der Waals surface area contributed by atoms with Gasteiger partial charge in [-0.1, -0.05) is 57.6 Å². The quantitative estimate of drug-likeness (QED) is 0.286. The molecule has 0 spiro atoms. The minimum Gasteiger partial charge on any atom is -0.388 e. The normalized spacial score (nSPS) is 24.5. The minimum absolute atomic E-state index is 0.0648. The van der Waals surface area contributed by atoms with E-state index >= 15 is 0 Å². The van der Waals surface area contributed by atoms with Gasteiger partial charge in [0.2, 0.25) is 0 Å². The summed E-state index contributed by atoms with van der Waals surface area (Å²) in [5.74, 6) is 0. The lowest BCUT2D eigenvalue weighted by Crippen LogP contribution is -2.40. The molecule has 5 nitrogen and oxygen atoms in total. The number of aliphatic hydroxyl groups is 3. The van der Waals surface area contributed by atoms with Crippen LogP contribution < -0.4 is 0 Å². The van der Waals surface area contributed by atoms with Gasteiger partial charge in [0.15, 0.2) is 0 Å². The highest BCUT2D eigenvalue weighted by atomic mass is 16.5. The van der Waals surface area contributed by atoms with E-state index in [1.54, 1.807) is 0 Å². The number of hydrogen-bond acceptors (Lipinski definition) is 5. The van der Waals surface area contributed by atoms with E-state index in [0.717, 1.165) is 25.7 Å². The molecule has 0 aromatic rings. The van der Waals surface area contributed by atoms with Gasteiger partial charge in [0, 0.05) is 6.61 Å². The predicted octanol–water partition coefficient (Wildman–Crippen LogP) is 3.35. The van der Waals surface area contributed by atoms with Gasteiger partial charge in [-0.05, 0) is 32.1 Å². The first-order valence-corrected chi connectivity index (χ1v) is 10.5. The Morgan fingerprint density at radius 1 is 0.962 bits per heavy atom. The third kappa shape index (κ3) is 10.6. The molecule has 1 saturated heterocycles. The Morgan fingerprint density at radius 3 is 2.19 bits per heavy atom. The summed E-state index contributed by atoms with van der Waals surface area (Å²) in [5, 5.41) is 29.0. The van der Waals surface area contributed by atoms with E-state index in [0.29, 0.717) is 6.61 Å². The van der Waals surface area contributed by atoms with Gasteiger partial charge in [-0.3, -0.25) is 0 Å². The molecule has 1 rings (SSSR count). The minimum atomic E-state index is -1.03. The first-order chi connectivity index (χ1) is 12.7. The number of unbranched alkanes of at least 4 members (excludes halogenated alkanes) is 9. The van der Waals surface area contributed by atoms with Gasteiger partial charge in [0.1, 0.15) is 24.4 Å². The summed E-state index contributed by atoms with van der Waals surface area (Å²) in [5.41, 5.74) is 0. The number of allylic oxidation sites excluding steroid dienone is 2. The maximum atomic E-state index is 9.91. The van der Waals surface area contributed by atoms with Crippen LogP contribution in [0.3, 0.4) is 0 Å². The van der Waals surface area contributed by atoms with Gasteiger partial charge < -0.3 is 24.8 Å². The van der Waals surface area contributed by atoms with E-state index in [1.807, 2.05) is 0 Å². The Morgan fingerprint density at radius 2 is 1.58 bits per heavy atom. The van der Waals surface area contributed by atoms with E-state index in [2.05, 4.69) is 19.1 Å². The van der Waals surface area contributed by atoms with E-state index in [-0.39, 0.29) is 13.2 Å². The van der Waals surface area contributed by atoms with Crippen molar-refractivity contribution >= 4 is 0 Å². The summed E-state index contributed by atoms with van der Waals surface area (Å²) in [6.07, 6.45) is 14.7. The first kappa shape index (κ1) is 23.6. The molecule has 4 atom stereocenters. The summed E-state index contributed by atoms with van der Waals surface area (Å²) in [7, 11) is 0. The van der Waals surface area contributed by atoms with Crippen molar-refractivity contribution in [1.82, 2.24) is 0 Å². The topological polar surface area (TPSA) is 79.2 Å². The van der Waals surface area contributed by atoms with Crippen molar-refractivity contribution in [2.45, 2.75) is 102 Å². The highest BCUT2D eigenvalue weighted by molar-refractivity contribution is 4.87. The maximum absolute atomic E-state index is 9.91. The molecule has 1 fully saturated rings. The van der Waals surface area contributed by atoms with Crippen LogP contribution in [0.15, 0.2) is 12.2 Å². The average molecular weight is 373 g/mol. The molecule has 0 saturated carbocycles. The lowest BCUT2D eigenvalue weighted by Gasteiger charge is -2.20. The van der Waals surface area contributed by atoms with Gasteiger partial charge in [-0.2, -0.15) is 0 Å². The molecule has 1 aliphatic rings. The monoisotopic (exact) mass is 372 g/mol. The van der Waals surface area contributed by atoms with Crippen LogP contribution in [-0.4, -0.2) is 59.6 Å². The van der Waals surface area contributed by atoms with E-state index in [1.165, 1.54) is 44.9 Å². The molecule has 0 aliphatic carbocycles. The highest BCUT2D eigenvalue weighted by Crippen LogP contribution is 2.18. The van der Waals surface area contributed by atoms with Crippen molar-refractivity contribution in [3.63, 3.8) is 0 Å². The van der Waals surface area contributed by atoms with Gasteiger partial charge in [0.25, 0.3) is 0 Å². The van der Waals surface area contributed by atoms with E-state index in [4.69, 9.17) is 9.47 Å². The van der Waals surface area contributed by atoms with Crippen LogP contribution in [0.5, 0.6) is 0 Å². The van der Waals surface area contributed by atoms with Crippen LogP contribution >= 0.6 is 0 Å². The fourth-order valence-electron chi connectivity index (χ4n) is 3.18. The smallest absolute Gasteiger partial charge is 0.114 e. The Kier molecular flexibility index (Phi) is 14.1.